The van der Waals surface area contributed by atoms with Gasteiger partial charge in [-0.3, -0.25) is 0 Å². The van der Waals surface area contributed by atoms with Crippen LogP contribution in [-0.2, 0) is 0 Å². The van der Waals surface area contributed by atoms with Crippen molar-refractivity contribution in [1.29, 1.82) is 0 Å². The second-order valence-electron chi connectivity index (χ2n) is 7.96. The Morgan fingerprint density at radius 1 is 1.12 bits per heavy atom. The van der Waals surface area contributed by atoms with Crippen LogP contribution in [0.3, 0.4) is 0 Å². The van der Waals surface area contributed by atoms with E-state index in [1.165, 1.54) is 32.1 Å². The number of rotatable bonds is 5. The highest BCUT2D eigenvalue weighted by Crippen LogP contribution is 2.64. The molecule has 0 heteroatoms. The molecule has 0 aliphatic heterocycles. The van der Waals surface area contributed by atoms with E-state index >= 15 is 0 Å². The van der Waals surface area contributed by atoms with Gasteiger partial charge in [0.15, 0.2) is 0 Å². The molecule has 0 N–H and O–H groups in total. The first kappa shape index (κ1) is 14.1. The van der Waals surface area contributed by atoms with Gasteiger partial charge in [0, 0.05) is 0 Å². The lowest BCUT2D eigenvalue weighted by molar-refractivity contribution is -0.0982. The molecule has 0 radical (unpaired) electrons. The van der Waals surface area contributed by atoms with Crippen LogP contribution in [0, 0.1) is 22.2 Å². The van der Waals surface area contributed by atoms with Crippen molar-refractivity contribution in [2.75, 3.05) is 0 Å². The summed E-state index contributed by atoms with van der Waals surface area (Å²) in [5.74, 6) is 0.840. The summed E-state index contributed by atoms with van der Waals surface area (Å²) in [5.41, 5.74) is 1.72. The quantitative estimate of drug-likeness (QED) is 0.565. The number of hydrogen-bond donors (Lipinski definition) is 0. The van der Waals surface area contributed by atoms with Gasteiger partial charge in [0.25, 0.3) is 0 Å². The van der Waals surface area contributed by atoms with Crippen molar-refractivity contribution in [3.8, 4) is 0 Å². The molecule has 1 rings (SSSR count). The summed E-state index contributed by atoms with van der Waals surface area (Å²) in [6.07, 6.45) is 7.04. The van der Waals surface area contributed by atoms with Crippen molar-refractivity contribution in [2.24, 2.45) is 22.2 Å². The first-order valence-corrected chi connectivity index (χ1v) is 7.14. The molecule has 0 spiro atoms. The highest BCUT2D eigenvalue weighted by Gasteiger charge is 2.53. The third-order valence-electron chi connectivity index (χ3n) is 5.24. The number of hydrogen-bond acceptors (Lipinski definition) is 0. The van der Waals surface area contributed by atoms with Crippen LogP contribution in [0.25, 0.3) is 0 Å². The maximum Gasteiger partial charge on any atom is -0.0239 e. The van der Waals surface area contributed by atoms with Crippen LogP contribution in [0.15, 0.2) is 0 Å². The van der Waals surface area contributed by atoms with E-state index in [1.807, 2.05) is 0 Å². The Hall–Kier alpha value is 0. The molecule has 0 aromatic carbocycles. The molecular formula is C16H32. The van der Waals surface area contributed by atoms with Gasteiger partial charge in [-0.25, -0.2) is 0 Å². The highest BCUT2D eigenvalue weighted by atomic mass is 14.6. The summed E-state index contributed by atoms with van der Waals surface area (Å²) in [7, 11) is 0. The van der Waals surface area contributed by atoms with E-state index in [-0.39, 0.29) is 0 Å². The smallest absolute Gasteiger partial charge is 0.0239 e. The van der Waals surface area contributed by atoms with E-state index in [9.17, 15) is 0 Å². The summed E-state index contributed by atoms with van der Waals surface area (Å²) >= 11 is 0. The first-order chi connectivity index (χ1) is 7.14. The van der Waals surface area contributed by atoms with Gasteiger partial charge in [0.2, 0.25) is 0 Å². The lowest BCUT2D eigenvalue weighted by Crippen LogP contribution is -2.50. The van der Waals surface area contributed by atoms with E-state index in [0.717, 1.165) is 5.92 Å². The van der Waals surface area contributed by atoms with Gasteiger partial charge in [0.05, 0.1) is 0 Å². The minimum absolute atomic E-state index is 0.520. The molecule has 0 nitrogen and oxygen atoms in total. The molecule has 0 aromatic rings. The van der Waals surface area contributed by atoms with Crippen LogP contribution in [0.2, 0.25) is 0 Å². The minimum atomic E-state index is 0.520. The first-order valence-electron chi connectivity index (χ1n) is 7.14. The normalized spacial score (nSPS) is 29.2. The Morgan fingerprint density at radius 2 is 1.69 bits per heavy atom. The van der Waals surface area contributed by atoms with E-state index in [1.54, 1.807) is 0 Å². The summed E-state index contributed by atoms with van der Waals surface area (Å²) < 4.78 is 0. The largest absolute Gasteiger partial charge is 0.0649 e. The van der Waals surface area contributed by atoms with Crippen LogP contribution < -0.4 is 0 Å². The van der Waals surface area contributed by atoms with Crippen LogP contribution in [0.4, 0.5) is 0 Å². The fraction of sp³-hybridized carbons (Fsp3) is 1.00. The average molecular weight is 224 g/mol. The Kier molecular flexibility index (Phi) is 3.82. The molecule has 0 aromatic heterocycles. The molecule has 1 atom stereocenters. The van der Waals surface area contributed by atoms with Gasteiger partial charge in [-0.1, -0.05) is 54.9 Å². The lowest BCUT2D eigenvalue weighted by atomic mass is 9.45. The third kappa shape index (κ3) is 2.63. The minimum Gasteiger partial charge on any atom is -0.0649 e. The van der Waals surface area contributed by atoms with Crippen LogP contribution in [0.1, 0.15) is 80.6 Å². The maximum atomic E-state index is 2.49. The van der Waals surface area contributed by atoms with Gasteiger partial charge in [0.1, 0.15) is 0 Å². The molecule has 1 unspecified atom stereocenters. The van der Waals surface area contributed by atoms with E-state index < -0.39 is 0 Å². The van der Waals surface area contributed by atoms with Crippen molar-refractivity contribution in [2.45, 2.75) is 80.6 Å². The molecule has 0 saturated heterocycles. The lowest BCUT2D eigenvalue weighted by Gasteiger charge is -2.60. The molecule has 0 bridgehead atoms. The standard InChI is InChI=1S/C16H32/c1-8-14(4,5)12-16(11-13(2)3)10-9-15(16,6)7/h13H,8-12H2,1-7H3. The van der Waals surface area contributed by atoms with Gasteiger partial charge < -0.3 is 0 Å². The topological polar surface area (TPSA) is 0 Å². The predicted octanol–water partition coefficient (Wildman–Crippen LogP) is 5.67. The Labute approximate surface area is 103 Å². The average Bonchev–Trinajstić information content (AvgIpc) is 2.14. The second-order valence-corrected chi connectivity index (χ2v) is 7.96. The molecule has 0 amide bonds. The zero-order valence-corrected chi connectivity index (χ0v) is 12.6. The fourth-order valence-electron chi connectivity index (χ4n) is 3.58. The van der Waals surface area contributed by atoms with Crippen LogP contribution in [0.5, 0.6) is 0 Å². The van der Waals surface area contributed by atoms with Gasteiger partial charge in [-0.05, 0) is 47.8 Å². The van der Waals surface area contributed by atoms with Gasteiger partial charge in [-0.2, -0.15) is 0 Å². The molecule has 1 saturated carbocycles. The van der Waals surface area contributed by atoms with Crippen molar-refractivity contribution in [3.05, 3.63) is 0 Å². The zero-order valence-electron chi connectivity index (χ0n) is 12.6. The van der Waals surface area contributed by atoms with Crippen molar-refractivity contribution in [3.63, 3.8) is 0 Å². The Morgan fingerprint density at radius 3 is 1.94 bits per heavy atom. The molecular weight excluding hydrogens is 192 g/mol. The summed E-state index contributed by atoms with van der Waals surface area (Å²) in [6.45, 7) is 17.0. The van der Waals surface area contributed by atoms with Crippen molar-refractivity contribution < 1.29 is 0 Å². The van der Waals surface area contributed by atoms with Crippen LogP contribution >= 0.6 is 0 Å². The highest BCUT2D eigenvalue weighted by molar-refractivity contribution is 5.04. The maximum absolute atomic E-state index is 2.49. The molecule has 1 fully saturated rings. The summed E-state index contributed by atoms with van der Waals surface area (Å²) in [5, 5.41) is 0. The molecule has 0 heterocycles. The van der Waals surface area contributed by atoms with Crippen LogP contribution in [-0.4, -0.2) is 0 Å². The molecule has 16 heavy (non-hydrogen) atoms. The van der Waals surface area contributed by atoms with E-state index in [2.05, 4.69) is 48.5 Å². The zero-order chi connectivity index (χ0) is 12.6. The van der Waals surface area contributed by atoms with Gasteiger partial charge >= 0.3 is 0 Å². The Bertz CT molecular complexity index is 234. The third-order valence-corrected chi connectivity index (χ3v) is 5.24. The predicted molar refractivity (Wildman–Crippen MR) is 73.6 cm³/mol. The van der Waals surface area contributed by atoms with Crippen molar-refractivity contribution >= 4 is 0 Å². The molecule has 1 aliphatic rings. The van der Waals surface area contributed by atoms with Crippen molar-refractivity contribution in [1.82, 2.24) is 0 Å². The van der Waals surface area contributed by atoms with E-state index in [4.69, 9.17) is 0 Å². The Balaban J connectivity index is 2.81. The molecule has 1 aliphatic carbocycles. The fourth-order valence-corrected chi connectivity index (χ4v) is 3.58. The molecule has 96 valence electrons. The van der Waals surface area contributed by atoms with Gasteiger partial charge in [-0.15, -0.1) is 0 Å². The summed E-state index contributed by atoms with van der Waals surface area (Å²) in [4.78, 5) is 0. The van der Waals surface area contributed by atoms with E-state index in [0.29, 0.717) is 16.2 Å². The summed E-state index contributed by atoms with van der Waals surface area (Å²) in [6, 6.07) is 0. The second kappa shape index (κ2) is 4.35. The SMILES string of the molecule is CCC(C)(C)CC1(CC(C)C)CCC1(C)C. The monoisotopic (exact) mass is 224 g/mol.